The lowest BCUT2D eigenvalue weighted by Crippen LogP contribution is -2.60. The van der Waals surface area contributed by atoms with Gasteiger partial charge in [-0.3, -0.25) is 0 Å². The monoisotopic (exact) mass is 397 g/mol. The molecule has 0 heterocycles. The van der Waals surface area contributed by atoms with Crippen molar-refractivity contribution in [3.63, 3.8) is 0 Å². The first-order chi connectivity index (χ1) is 11.8. The lowest BCUT2D eigenvalue weighted by Gasteiger charge is -2.36. The highest BCUT2D eigenvalue weighted by molar-refractivity contribution is 4.97. The van der Waals surface area contributed by atoms with E-state index in [0.717, 1.165) is 39.5 Å². The van der Waals surface area contributed by atoms with Crippen LogP contribution < -0.4 is 0 Å². The van der Waals surface area contributed by atoms with Crippen LogP contribution in [0.25, 0.3) is 0 Å². The molecular formula is C17H30F7NO. The van der Waals surface area contributed by atoms with Gasteiger partial charge < -0.3 is 9.64 Å². The molecule has 0 aromatic carbocycles. The fraction of sp³-hybridized carbons (Fsp3) is 1.00. The highest BCUT2D eigenvalue weighted by Gasteiger charge is 2.76. The van der Waals surface area contributed by atoms with Crippen molar-refractivity contribution in [3.8, 4) is 0 Å². The molecule has 0 aliphatic rings. The van der Waals surface area contributed by atoms with Crippen LogP contribution in [0.2, 0.25) is 0 Å². The minimum atomic E-state index is -6.35. The fourth-order valence-electron chi connectivity index (χ4n) is 2.49. The molecule has 1 atom stereocenters. The third kappa shape index (κ3) is 6.87. The molecule has 9 heteroatoms. The molecule has 26 heavy (non-hydrogen) atoms. The average Bonchev–Trinajstić information content (AvgIpc) is 2.51. The maximum absolute atomic E-state index is 13.9. The lowest BCUT2D eigenvalue weighted by molar-refractivity contribution is -0.376. The Hall–Kier alpha value is -0.570. The van der Waals surface area contributed by atoms with E-state index in [2.05, 4.69) is 0 Å². The van der Waals surface area contributed by atoms with Crippen molar-refractivity contribution >= 4 is 0 Å². The Bertz CT molecular complexity index is 378. The van der Waals surface area contributed by atoms with E-state index in [0.29, 0.717) is 13.1 Å². The zero-order valence-corrected chi connectivity index (χ0v) is 15.8. The standard InChI is InChI=1S/C17H30F7NO/c1-5-7-9-25(10-8-6-2)11-12-26-14(13(3)4)15(18,19)16(20,21)17(22,23)24/h13-14H,5-12H2,1-4H3. The second kappa shape index (κ2) is 10.7. The van der Waals surface area contributed by atoms with Gasteiger partial charge in [0.2, 0.25) is 0 Å². The Labute approximate surface area is 151 Å². The number of hydrogen-bond donors (Lipinski definition) is 0. The molecule has 0 aromatic rings. The van der Waals surface area contributed by atoms with Gasteiger partial charge in [-0.25, -0.2) is 0 Å². The summed E-state index contributed by atoms with van der Waals surface area (Å²) in [5.74, 6) is -12.7. The predicted molar refractivity (Wildman–Crippen MR) is 86.8 cm³/mol. The number of rotatable bonds is 13. The molecular weight excluding hydrogens is 367 g/mol. The van der Waals surface area contributed by atoms with Gasteiger partial charge in [-0.2, -0.15) is 30.7 Å². The Kier molecular flexibility index (Phi) is 10.4. The van der Waals surface area contributed by atoms with Crippen molar-refractivity contribution in [2.75, 3.05) is 26.2 Å². The molecule has 0 saturated heterocycles. The molecule has 0 N–H and O–H groups in total. The van der Waals surface area contributed by atoms with Gasteiger partial charge in [0.05, 0.1) is 6.61 Å². The number of alkyl halides is 7. The van der Waals surface area contributed by atoms with Crippen molar-refractivity contribution in [2.24, 2.45) is 5.92 Å². The molecule has 0 rings (SSSR count). The van der Waals surface area contributed by atoms with Gasteiger partial charge in [-0.05, 0) is 31.8 Å². The predicted octanol–water partition coefficient (Wildman–Crippen LogP) is 5.76. The highest BCUT2D eigenvalue weighted by Crippen LogP contribution is 2.49. The third-order valence-corrected chi connectivity index (χ3v) is 4.10. The van der Waals surface area contributed by atoms with Crippen LogP contribution in [-0.2, 0) is 4.74 Å². The second-order valence-corrected chi connectivity index (χ2v) is 6.78. The van der Waals surface area contributed by atoms with Crippen LogP contribution in [0.4, 0.5) is 30.7 Å². The van der Waals surface area contributed by atoms with E-state index in [1.807, 2.05) is 18.7 Å². The fourth-order valence-corrected chi connectivity index (χ4v) is 2.49. The van der Waals surface area contributed by atoms with E-state index in [4.69, 9.17) is 4.74 Å². The lowest BCUT2D eigenvalue weighted by atomic mass is 9.95. The van der Waals surface area contributed by atoms with E-state index in [1.54, 1.807) is 0 Å². The van der Waals surface area contributed by atoms with Gasteiger partial charge in [0.25, 0.3) is 0 Å². The molecule has 0 bridgehead atoms. The summed E-state index contributed by atoms with van der Waals surface area (Å²) in [7, 11) is 0. The normalized spacial score (nSPS) is 15.1. The minimum absolute atomic E-state index is 0.205. The van der Waals surface area contributed by atoms with Crippen LogP contribution >= 0.6 is 0 Å². The Morgan fingerprint density at radius 3 is 1.62 bits per heavy atom. The van der Waals surface area contributed by atoms with E-state index in [1.165, 1.54) is 0 Å². The first-order valence-electron chi connectivity index (χ1n) is 8.99. The maximum atomic E-state index is 13.9. The summed E-state index contributed by atoms with van der Waals surface area (Å²) in [4.78, 5) is 1.95. The van der Waals surface area contributed by atoms with E-state index >= 15 is 0 Å². The molecule has 0 aliphatic carbocycles. The van der Waals surface area contributed by atoms with Gasteiger partial charge >= 0.3 is 18.0 Å². The number of ether oxygens (including phenoxy) is 1. The van der Waals surface area contributed by atoms with E-state index in [-0.39, 0.29) is 13.2 Å². The van der Waals surface area contributed by atoms with Crippen molar-refractivity contribution in [2.45, 2.75) is 77.5 Å². The highest BCUT2D eigenvalue weighted by atomic mass is 19.4. The SMILES string of the molecule is CCCCN(CCCC)CCOC(C(C)C)C(F)(F)C(F)(F)C(F)(F)F. The zero-order valence-electron chi connectivity index (χ0n) is 15.8. The summed E-state index contributed by atoms with van der Waals surface area (Å²) in [6, 6.07) is 0. The Morgan fingerprint density at radius 2 is 1.27 bits per heavy atom. The van der Waals surface area contributed by atoms with Crippen LogP contribution in [-0.4, -0.2) is 55.3 Å². The summed E-state index contributed by atoms with van der Waals surface area (Å²) >= 11 is 0. The summed E-state index contributed by atoms with van der Waals surface area (Å²) in [6.07, 6.45) is -5.28. The van der Waals surface area contributed by atoms with E-state index in [9.17, 15) is 30.7 Å². The molecule has 0 fully saturated rings. The van der Waals surface area contributed by atoms with Crippen LogP contribution in [0.15, 0.2) is 0 Å². The molecule has 158 valence electrons. The number of unbranched alkanes of at least 4 members (excludes halogenated alkanes) is 2. The summed E-state index contributed by atoms with van der Waals surface area (Å²) in [5.41, 5.74) is 0. The average molecular weight is 397 g/mol. The van der Waals surface area contributed by atoms with Gasteiger partial charge in [0.15, 0.2) is 0 Å². The van der Waals surface area contributed by atoms with Crippen LogP contribution in [0, 0.1) is 5.92 Å². The van der Waals surface area contributed by atoms with Crippen molar-refractivity contribution < 1.29 is 35.5 Å². The van der Waals surface area contributed by atoms with Gasteiger partial charge in [-0.15, -0.1) is 0 Å². The summed E-state index contributed by atoms with van der Waals surface area (Å²) in [6.45, 7) is 7.51. The molecule has 2 nitrogen and oxygen atoms in total. The first-order valence-corrected chi connectivity index (χ1v) is 8.99. The largest absolute Gasteiger partial charge is 0.459 e. The minimum Gasteiger partial charge on any atom is -0.370 e. The summed E-state index contributed by atoms with van der Waals surface area (Å²) < 4.78 is 96.4. The first kappa shape index (κ1) is 25.4. The second-order valence-electron chi connectivity index (χ2n) is 6.78. The molecule has 0 amide bonds. The van der Waals surface area contributed by atoms with Crippen molar-refractivity contribution in [1.82, 2.24) is 4.90 Å². The number of nitrogens with zero attached hydrogens (tertiary/aromatic N) is 1. The molecule has 0 aromatic heterocycles. The molecule has 0 radical (unpaired) electrons. The zero-order chi connectivity index (χ0) is 20.6. The summed E-state index contributed by atoms with van der Waals surface area (Å²) in [5, 5.41) is 0. The van der Waals surface area contributed by atoms with Gasteiger partial charge in [0, 0.05) is 6.54 Å². The van der Waals surface area contributed by atoms with E-state index < -0.39 is 30.0 Å². The quantitative estimate of drug-likeness (QED) is 0.366. The Morgan fingerprint density at radius 1 is 0.808 bits per heavy atom. The smallest absolute Gasteiger partial charge is 0.370 e. The third-order valence-electron chi connectivity index (χ3n) is 4.10. The van der Waals surface area contributed by atoms with Crippen LogP contribution in [0.5, 0.6) is 0 Å². The molecule has 1 unspecified atom stereocenters. The topological polar surface area (TPSA) is 12.5 Å². The molecule has 0 spiro atoms. The van der Waals surface area contributed by atoms with Gasteiger partial charge in [-0.1, -0.05) is 40.5 Å². The van der Waals surface area contributed by atoms with Crippen molar-refractivity contribution in [1.29, 1.82) is 0 Å². The molecule has 0 saturated carbocycles. The van der Waals surface area contributed by atoms with Crippen LogP contribution in [0.1, 0.15) is 53.4 Å². The maximum Gasteiger partial charge on any atom is 0.459 e. The van der Waals surface area contributed by atoms with Crippen molar-refractivity contribution in [3.05, 3.63) is 0 Å². The number of hydrogen-bond acceptors (Lipinski definition) is 2. The Balaban J connectivity index is 5.01. The van der Waals surface area contributed by atoms with Gasteiger partial charge in [0.1, 0.15) is 6.10 Å². The molecule has 0 aliphatic heterocycles. The van der Waals surface area contributed by atoms with Crippen LogP contribution in [0.3, 0.4) is 0 Å². The number of halogens is 7.